The third kappa shape index (κ3) is 4.08. The predicted molar refractivity (Wildman–Crippen MR) is 108 cm³/mol. The molecule has 2 N–H and O–H groups in total. The molecule has 5 heteroatoms. The summed E-state index contributed by atoms with van der Waals surface area (Å²) in [5, 5.41) is 16.1. The van der Waals surface area contributed by atoms with E-state index >= 15 is 0 Å². The molecule has 0 atom stereocenters. The van der Waals surface area contributed by atoms with Gasteiger partial charge in [0.05, 0.1) is 5.71 Å². The maximum absolute atomic E-state index is 13.0. The van der Waals surface area contributed by atoms with Gasteiger partial charge in [-0.2, -0.15) is 5.10 Å². The van der Waals surface area contributed by atoms with Gasteiger partial charge in [0.1, 0.15) is 0 Å². The summed E-state index contributed by atoms with van der Waals surface area (Å²) in [4.78, 5) is 13.0. The van der Waals surface area contributed by atoms with Crippen molar-refractivity contribution in [3.05, 3.63) is 107 Å². The second-order valence-corrected chi connectivity index (χ2v) is 6.52. The Morgan fingerprint density at radius 1 is 0.889 bits per heavy atom. The van der Waals surface area contributed by atoms with Crippen molar-refractivity contribution in [1.29, 1.82) is 0 Å². The Balaban J connectivity index is 1.92. The van der Waals surface area contributed by atoms with E-state index in [9.17, 15) is 9.90 Å². The van der Waals surface area contributed by atoms with Crippen LogP contribution in [0.4, 0.5) is 0 Å². The number of hydrogen-bond acceptors (Lipinski definition) is 3. The average molecular weight is 379 g/mol. The number of carbonyl (C=O) groups is 1. The molecule has 0 unspecified atom stereocenters. The number of amides is 1. The van der Waals surface area contributed by atoms with Gasteiger partial charge >= 0.3 is 0 Å². The Hall–Kier alpha value is -2.95. The van der Waals surface area contributed by atoms with Crippen molar-refractivity contribution in [3.63, 3.8) is 0 Å². The first-order valence-corrected chi connectivity index (χ1v) is 8.83. The van der Waals surface area contributed by atoms with Gasteiger partial charge in [0.2, 0.25) is 0 Å². The molecule has 136 valence electrons. The minimum Gasteiger partial charge on any atom is -0.372 e. The van der Waals surface area contributed by atoms with Gasteiger partial charge in [0.25, 0.3) is 5.91 Å². The zero-order valence-corrected chi connectivity index (χ0v) is 15.5. The molecule has 0 spiro atoms. The summed E-state index contributed by atoms with van der Waals surface area (Å²) in [6.07, 6.45) is 0. The molecule has 0 aliphatic rings. The first-order chi connectivity index (χ1) is 13.0. The molecule has 3 aromatic carbocycles. The quantitative estimate of drug-likeness (QED) is 0.518. The first-order valence-electron chi connectivity index (χ1n) is 8.46. The second kappa shape index (κ2) is 8.16. The first kappa shape index (κ1) is 18.8. The molecule has 1 amide bonds. The van der Waals surface area contributed by atoms with E-state index < -0.39 is 11.5 Å². The fraction of sp³-hybridized carbons (Fsp3) is 0.0909. The Morgan fingerprint density at radius 3 is 1.85 bits per heavy atom. The molecule has 0 heterocycles. The molecule has 0 radical (unpaired) electrons. The predicted octanol–water partition coefficient (Wildman–Crippen LogP) is 4.12. The van der Waals surface area contributed by atoms with Crippen molar-refractivity contribution in [2.75, 3.05) is 0 Å². The van der Waals surface area contributed by atoms with Crippen molar-refractivity contribution in [1.82, 2.24) is 5.43 Å². The van der Waals surface area contributed by atoms with Crippen molar-refractivity contribution in [2.45, 2.75) is 12.5 Å². The van der Waals surface area contributed by atoms with E-state index in [1.54, 1.807) is 67.6 Å². The van der Waals surface area contributed by atoms with Crippen LogP contribution >= 0.6 is 11.6 Å². The molecular formula is C22H19ClN2O2. The Morgan fingerprint density at radius 2 is 1.37 bits per heavy atom. The summed E-state index contributed by atoms with van der Waals surface area (Å²) in [6, 6.07) is 24.7. The normalized spacial score (nSPS) is 11.9. The van der Waals surface area contributed by atoms with Crippen LogP contribution in [-0.4, -0.2) is 16.7 Å². The lowest BCUT2D eigenvalue weighted by Gasteiger charge is -2.27. The van der Waals surface area contributed by atoms with Crippen LogP contribution in [0.1, 0.15) is 23.6 Å². The van der Waals surface area contributed by atoms with Gasteiger partial charge in [-0.3, -0.25) is 4.79 Å². The van der Waals surface area contributed by atoms with Gasteiger partial charge in [-0.05, 0) is 35.7 Å². The van der Waals surface area contributed by atoms with Gasteiger partial charge in [0, 0.05) is 5.02 Å². The lowest BCUT2D eigenvalue weighted by Crippen LogP contribution is -2.43. The average Bonchev–Trinajstić information content (AvgIpc) is 2.73. The van der Waals surface area contributed by atoms with Crippen molar-refractivity contribution in [2.24, 2.45) is 5.10 Å². The van der Waals surface area contributed by atoms with Crippen LogP contribution in [0.25, 0.3) is 0 Å². The van der Waals surface area contributed by atoms with Crippen LogP contribution in [0.3, 0.4) is 0 Å². The second-order valence-electron chi connectivity index (χ2n) is 6.09. The molecule has 0 aliphatic carbocycles. The SMILES string of the molecule is C/C(=N\NC(=O)C(O)(c1ccccc1)c1ccccc1)c1ccc(Cl)cc1. The lowest BCUT2D eigenvalue weighted by molar-refractivity contribution is -0.136. The van der Waals surface area contributed by atoms with Gasteiger partial charge in [-0.25, -0.2) is 5.43 Å². The summed E-state index contributed by atoms with van der Waals surface area (Å²) < 4.78 is 0. The molecule has 0 bridgehead atoms. The number of halogens is 1. The van der Waals surface area contributed by atoms with Gasteiger partial charge < -0.3 is 5.11 Å². The minimum atomic E-state index is -1.85. The smallest absolute Gasteiger partial charge is 0.281 e. The number of hydrogen-bond donors (Lipinski definition) is 2. The highest BCUT2D eigenvalue weighted by molar-refractivity contribution is 6.30. The van der Waals surface area contributed by atoms with Crippen LogP contribution in [0.2, 0.25) is 5.02 Å². The highest BCUT2D eigenvalue weighted by Gasteiger charge is 2.39. The van der Waals surface area contributed by atoms with E-state index in [1.165, 1.54) is 0 Å². The molecule has 4 nitrogen and oxygen atoms in total. The fourth-order valence-corrected chi connectivity index (χ4v) is 2.88. The highest BCUT2D eigenvalue weighted by Crippen LogP contribution is 2.29. The Labute approximate surface area is 163 Å². The van der Waals surface area contributed by atoms with Crippen molar-refractivity contribution < 1.29 is 9.90 Å². The summed E-state index contributed by atoms with van der Waals surface area (Å²) in [5.41, 5.74) is 3.00. The molecule has 3 rings (SSSR count). The summed E-state index contributed by atoms with van der Waals surface area (Å²) in [7, 11) is 0. The molecule has 0 aliphatic heterocycles. The number of hydrazone groups is 1. The van der Waals surface area contributed by atoms with Crippen LogP contribution in [0, 0.1) is 0 Å². The third-order valence-corrected chi connectivity index (χ3v) is 4.55. The molecule has 0 fully saturated rings. The number of benzene rings is 3. The lowest BCUT2D eigenvalue weighted by atomic mass is 9.85. The van der Waals surface area contributed by atoms with E-state index in [4.69, 9.17) is 11.6 Å². The highest BCUT2D eigenvalue weighted by atomic mass is 35.5. The topological polar surface area (TPSA) is 61.7 Å². The summed E-state index contributed by atoms with van der Waals surface area (Å²) in [5.74, 6) is -0.631. The largest absolute Gasteiger partial charge is 0.372 e. The van der Waals surface area contributed by atoms with Crippen LogP contribution in [0.15, 0.2) is 90.0 Å². The van der Waals surface area contributed by atoms with Crippen LogP contribution in [-0.2, 0) is 10.4 Å². The molecule has 27 heavy (non-hydrogen) atoms. The van der Waals surface area contributed by atoms with E-state index in [0.717, 1.165) is 5.56 Å². The molecule has 0 aromatic heterocycles. The molecule has 0 saturated heterocycles. The third-order valence-electron chi connectivity index (χ3n) is 4.30. The standard InChI is InChI=1S/C22H19ClN2O2/c1-16(17-12-14-20(23)15-13-17)24-25-21(26)22(27,18-8-4-2-5-9-18)19-10-6-3-7-11-19/h2-15,27H,1H3,(H,25,26)/b24-16+. The summed E-state index contributed by atoms with van der Waals surface area (Å²) >= 11 is 5.90. The molecule has 3 aromatic rings. The molecule has 0 saturated carbocycles. The van der Waals surface area contributed by atoms with E-state index in [1.807, 2.05) is 24.3 Å². The van der Waals surface area contributed by atoms with Gasteiger partial charge in [-0.1, -0.05) is 84.4 Å². The van der Waals surface area contributed by atoms with E-state index in [2.05, 4.69) is 10.5 Å². The number of carbonyl (C=O) groups excluding carboxylic acids is 1. The summed E-state index contributed by atoms with van der Waals surface area (Å²) in [6.45, 7) is 1.77. The molecular weight excluding hydrogens is 360 g/mol. The van der Waals surface area contributed by atoms with Gasteiger partial charge in [-0.15, -0.1) is 0 Å². The van der Waals surface area contributed by atoms with Crippen LogP contribution in [0.5, 0.6) is 0 Å². The Kier molecular flexibility index (Phi) is 5.69. The van der Waals surface area contributed by atoms with Crippen molar-refractivity contribution in [3.8, 4) is 0 Å². The van der Waals surface area contributed by atoms with Gasteiger partial charge in [0.15, 0.2) is 5.60 Å². The maximum atomic E-state index is 13.0. The number of aliphatic hydroxyl groups is 1. The zero-order valence-electron chi connectivity index (χ0n) is 14.8. The zero-order chi connectivity index (χ0) is 19.3. The number of rotatable bonds is 5. The maximum Gasteiger partial charge on any atom is 0.281 e. The number of nitrogens with one attached hydrogen (secondary N) is 1. The van der Waals surface area contributed by atoms with E-state index in [0.29, 0.717) is 21.9 Å². The fourth-order valence-electron chi connectivity index (χ4n) is 2.76. The van der Waals surface area contributed by atoms with E-state index in [-0.39, 0.29) is 0 Å². The number of nitrogens with zero attached hydrogens (tertiary/aromatic N) is 1. The monoisotopic (exact) mass is 378 g/mol. The van der Waals surface area contributed by atoms with Crippen LogP contribution < -0.4 is 5.43 Å². The minimum absolute atomic E-state index is 0.466. The Bertz CT molecular complexity index is 900. The van der Waals surface area contributed by atoms with Crippen molar-refractivity contribution >= 4 is 23.2 Å².